The zero-order valence-electron chi connectivity index (χ0n) is 9.14. The number of unbranched alkanes of at least 4 members (excludes halogenated alkanes) is 1. The number of hydrogen-bond acceptors (Lipinski definition) is 1. The van der Waals surface area contributed by atoms with Crippen molar-refractivity contribution in [3.05, 3.63) is 23.9 Å². The van der Waals surface area contributed by atoms with Crippen molar-refractivity contribution in [1.82, 2.24) is 0 Å². The summed E-state index contributed by atoms with van der Waals surface area (Å²) in [5, 5.41) is 0. The van der Waals surface area contributed by atoms with Gasteiger partial charge in [-0.25, -0.2) is 0 Å². The molecule has 74 valence electrons. The van der Waals surface area contributed by atoms with Crippen molar-refractivity contribution in [2.24, 2.45) is 10.9 Å². The van der Waals surface area contributed by atoms with Crippen molar-refractivity contribution < 1.29 is 0 Å². The first-order valence-electron chi connectivity index (χ1n) is 4.95. The van der Waals surface area contributed by atoms with Crippen molar-refractivity contribution in [3.8, 4) is 0 Å². The van der Waals surface area contributed by atoms with Crippen LogP contribution in [0.4, 0.5) is 0 Å². The molecule has 0 aliphatic rings. The van der Waals surface area contributed by atoms with Crippen LogP contribution in [0.15, 0.2) is 28.9 Å². The van der Waals surface area contributed by atoms with E-state index in [4.69, 9.17) is 0 Å². The Hall–Kier alpha value is -0.850. The van der Waals surface area contributed by atoms with Crippen molar-refractivity contribution in [2.45, 2.75) is 40.0 Å². The number of hydrogen-bond donors (Lipinski definition) is 0. The molecule has 0 aromatic heterocycles. The summed E-state index contributed by atoms with van der Waals surface area (Å²) < 4.78 is 0. The Morgan fingerprint density at radius 1 is 1.54 bits per heavy atom. The minimum absolute atomic E-state index is 0.568. The molecule has 0 aliphatic carbocycles. The number of aliphatic imine (C=N–C) groups is 1. The van der Waals surface area contributed by atoms with Crippen LogP contribution in [0.2, 0.25) is 0 Å². The maximum Gasteiger partial charge on any atom is 0.0292 e. The number of nitrogens with zero attached hydrogens (tertiary/aromatic N) is 1. The first-order chi connectivity index (χ1) is 6.13. The highest BCUT2D eigenvalue weighted by Crippen LogP contribution is 2.22. The van der Waals surface area contributed by atoms with Crippen molar-refractivity contribution in [2.75, 3.05) is 0 Å². The fourth-order valence-corrected chi connectivity index (χ4v) is 1.29. The third-order valence-electron chi connectivity index (χ3n) is 2.38. The van der Waals surface area contributed by atoms with E-state index in [-0.39, 0.29) is 0 Å². The summed E-state index contributed by atoms with van der Waals surface area (Å²) in [6, 6.07) is 0. The molecule has 0 rings (SSSR count). The topological polar surface area (TPSA) is 12.4 Å². The third kappa shape index (κ3) is 4.66. The Balaban J connectivity index is 4.09. The fourth-order valence-electron chi connectivity index (χ4n) is 1.29. The summed E-state index contributed by atoms with van der Waals surface area (Å²) in [6.07, 6.45) is 5.53. The predicted octanol–water partition coefficient (Wildman–Crippen LogP) is 3.97. The van der Waals surface area contributed by atoms with Gasteiger partial charge in [0.15, 0.2) is 0 Å². The largest absolute Gasteiger partial charge is 0.272 e. The Labute approximate surface area is 82.3 Å². The average molecular weight is 179 g/mol. The second-order valence-electron chi connectivity index (χ2n) is 3.56. The van der Waals surface area contributed by atoms with E-state index < -0.39 is 0 Å². The van der Waals surface area contributed by atoms with Crippen LogP contribution >= 0.6 is 0 Å². The van der Waals surface area contributed by atoms with Crippen LogP contribution in [0.5, 0.6) is 0 Å². The summed E-state index contributed by atoms with van der Waals surface area (Å²) >= 11 is 0. The standard InChI is InChI=1S/C12H21N/c1-6-7-8-10(2)12(4)11(3)9-13-5/h9-10H,4-8H2,1-3H3/b11-9+. The lowest BCUT2D eigenvalue weighted by Crippen LogP contribution is -1.99. The van der Waals surface area contributed by atoms with Crippen LogP contribution < -0.4 is 0 Å². The number of allylic oxidation sites excluding steroid dienone is 2. The zero-order chi connectivity index (χ0) is 10.3. The van der Waals surface area contributed by atoms with E-state index in [9.17, 15) is 0 Å². The minimum Gasteiger partial charge on any atom is -0.272 e. The lowest BCUT2D eigenvalue weighted by Gasteiger charge is -2.14. The molecule has 0 aliphatic heterocycles. The highest BCUT2D eigenvalue weighted by atomic mass is 14.6. The SMILES string of the molecule is C=N/C=C(\C)C(=C)C(C)CCCC. The minimum atomic E-state index is 0.568. The lowest BCUT2D eigenvalue weighted by molar-refractivity contribution is 0.577. The summed E-state index contributed by atoms with van der Waals surface area (Å²) in [6.45, 7) is 14.0. The van der Waals surface area contributed by atoms with E-state index in [0.29, 0.717) is 5.92 Å². The molecule has 1 heteroatoms. The average Bonchev–Trinajstić information content (AvgIpc) is 2.13. The van der Waals surface area contributed by atoms with Gasteiger partial charge >= 0.3 is 0 Å². The van der Waals surface area contributed by atoms with E-state index >= 15 is 0 Å². The molecule has 0 spiro atoms. The molecule has 13 heavy (non-hydrogen) atoms. The molecular weight excluding hydrogens is 158 g/mol. The molecule has 0 fully saturated rings. The van der Waals surface area contributed by atoms with Gasteiger partial charge in [0.1, 0.15) is 0 Å². The van der Waals surface area contributed by atoms with Gasteiger partial charge in [0.25, 0.3) is 0 Å². The Morgan fingerprint density at radius 2 is 2.15 bits per heavy atom. The molecule has 0 radical (unpaired) electrons. The molecule has 0 aromatic carbocycles. The van der Waals surface area contributed by atoms with E-state index in [1.54, 1.807) is 6.20 Å². The highest BCUT2D eigenvalue weighted by Gasteiger charge is 2.06. The van der Waals surface area contributed by atoms with Gasteiger partial charge in [0, 0.05) is 6.20 Å². The molecule has 0 saturated carbocycles. The molecular formula is C12H21N. The van der Waals surface area contributed by atoms with E-state index in [0.717, 1.165) is 5.57 Å². The molecule has 0 amide bonds. The lowest BCUT2D eigenvalue weighted by atomic mass is 9.92. The highest BCUT2D eigenvalue weighted by molar-refractivity contribution is 5.32. The van der Waals surface area contributed by atoms with Crippen molar-refractivity contribution in [3.63, 3.8) is 0 Å². The molecule has 0 aromatic rings. The first-order valence-corrected chi connectivity index (χ1v) is 4.95. The van der Waals surface area contributed by atoms with E-state index in [2.05, 4.69) is 32.1 Å². The van der Waals surface area contributed by atoms with Crippen LogP contribution in [0.25, 0.3) is 0 Å². The van der Waals surface area contributed by atoms with Crippen LogP contribution in [-0.4, -0.2) is 6.72 Å². The Morgan fingerprint density at radius 3 is 2.62 bits per heavy atom. The molecule has 1 unspecified atom stereocenters. The summed E-state index contributed by atoms with van der Waals surface area (Å²) in [4.78, 5) is 3.75. The van der Waals surface area contributed by atoms with E-state index in [1.807, 2.05) is 6.92 Å². The van der Waals surface area contributed by atoms with Crippen molar-refractivity contribution >= 4 is 6.72 Å². The van der Waals surface area contributed by atoms with Gasteiger partial charge in [-0.1, -0.05) is 33.3 Å². The zero-order valence-corrected chi connectivity index (χ0v) is 9.14. The maximum absolute atomic E-state index is 4.07. The second-order valence-corrected chi connectivity index (χ2v) is 3.56. The molecule has 0 saturated heterocycles. The molecule has 1 atom stereocenters. The monoisotopic (exact) mass is 179 g/mol. The molecule has 1 nitrogen and oxygen atoms in total. The second kappa shape index (κ2) is 6.64. The molecule has 0 heterocycles. The van der Waals surface area contributed by atoms with Gasteiger partial charge < -0.3 is 0 Å². The van der Waals surface area contributed by atoms with Crippen LogP contribution in [-0.2, 0) is 0 Å². The van der Waals surface area contributed by atoms with Gasteiger partial charge in [-0.2, -0.15) is 0 Å². The Bertz CT molecular complexity index is 201. The van der Waals surface area contributed by atoms with Gasteiger partial charge in [-0.3, -0.25) is 4.99 Å². The Kier molecular flexibility index (Phi) is 6.21. The van der Waals surface area contributed by atoms with Gasteiger partial charge in [0.05, 0.1) is 0 Å². The summed E-state index contributed by atoms with van der Waals surface area (Å²) in [5.74, 6) is 0.568. The molecule has 0 N–H and O–H groups in total. The third-order valence-corrected chi connectivity index (χ3v) is 2.38. The van der Waals surface area contributed by atoms with Crippen LogP contribution in [0, 0.1) is 5.92 Å². The van der Waals surface area contributed by atoms with Crippen molar-refractivity contribution in [1.29, 1.82) is 0 Å². The quantitative estimate of drug-likeness (QED) is 0.432. The summed E-state index contributed by atoms with van der Waals surface area (Å²) in [5.41, 5.74) is 2.35. The maximum atomic E-state index is 4.07. The van der Waals surface area contributed by atoms with E-state index in [1.165, 1.54) is 24.8 Å². The fraction of sp³-hybridized carbons (Fsp3) is 0.583. The number of rotatable bonds is 6. The summed E-state index contributed by atoms with van der Waals surface area (Å²) in [7, 11) is 0. The van der Waals surface area contributed by atoms with Crippen LogP contribution in [0.1, 0.15) is 40.0 Å². The first kappa shape index (κ1) is 12.2. The normalized spacial score (nSPS) is 13.9. The molecule has 0 bridgehead atoms. The van der Waals surface area contributed by atoms with Crippen LogP contribution in [0.3, 0.4) is 0 Å². The van der Waals surface area contributed by atoms with Gasteiger partial charge in [-0.15, -0.1) is 0 Å². The smallest absolute Gasteiger partial charge is 0.0292 e. The van der Waals surface area contributed by atoms with Gasteiger partial charge in [0.2, 0.25) is 0 Å². The predicted molar refractivity (Wildman–Crippen MR) is 61.1 cm³/mol. The van der Waals surface area contributed by atoms with Gasteiger partial charge in [-0.05, 0) is 37.1 Å².